The highest BCUT2D eigenvalue weighted by Gasteiger charge is 2.08. The van der Waals surface area contributed by atoms with Gasteiger partial charge in [0.05, 0.1) is 7.11 Å². The van der Waals surface area contributed by atoms with Gasteiger partial charge in [-0.1, -0.05) is 36.4 Å². The molecule has 0 spiro atoms. The summed E-state index contributed by atoms with van der Waals surface area (Å²) in [6.45, 7) is 12.4. The van der Waals surface area contributed by atoms with E-state index in [1.807, 2.05) is 6.92 Å². The Kier molecular flexibility index (Phi) is 4.32. The van der Waals surface area contributed by atoms with Crippen molar-refractivity contribution in [1.29, 1.82) is 0 Å². The van der Waals surface area contributed by atoms with E-state index in [4.69, 9.17) is 4.74 Å². The fourth-order valence-electron chi connectivity index (χ4n) is 2.87. The van der Waals surface area contributed by atoms with Crippen LogP contribution in [0.2, 0.25) is 0 Å². The molecule has 3 aromatic rings. The molecule has 1 nitrogen and oxygen atoms in total. The number of rotatable bonds is 1. The monoisotopic (exact) mass is 278 g/mol. The Hall–Kier alpha value is -2.28. The number of methoxy groups -OCH3 is 1. The summed E-state index contributed by atoms with van der Waals surface area (Å²) < 4.78 is 5.45. The van der Waals surface area contributed by atoms with Crippen molar-refractivity contribution >= 4 is 27.3 Å². The molecule has 3 rings (SSSR count). The predicted molar refractivity (Wildman–Crippen MR) is 93.5 cm³/mol. The molecule has 0 radical (unpaired) electrons. The van der Waals surface area contributed by atoms with E-state index in [0.717, 1.165) is 5.76 Å². The maximum absolute atomic E-state index is 5.45. The van der Waals surface area contributed by atoms with Crippen LogP contribution in [0.1, 0.15) is 18.1 Å². The van der Waals surface area contributed by atoms with Gasteiger partial charge >= 0.3 is 0 Å². The van der Waals surface area contributed by atoms with Gasteiger partial charge in [-0.2, -0.15) is 0 Å². The second-order valence-corrected chi connectivity index (χ2v) is 5.16. The number of ether oxygens (including phenoxy) is 1. The Morgan fingerprint density at radius 3 is 2.14 bits per heavy atom. The van der Waals surface area contributed by atoms with Crippen LogP contribution in [0.25, 0.3) is 27.3 Å². The lowest BCUT2D eigenvalue weighted by atomic mass is 9.93. The van der Waals surface area contributed by atoms with Crippen LogP contribution in [0.4, 0.5) is 0 Å². The van der Waals surface area contributed by atoms with Crippen LogP contribution in [0, 0.1) is 13.8 Å². The molecule has 21 heavy (non-hydrogen) atoms. The van der Waals surface area contributed by atoms with Gasteiger partial charge in [0.2, 0.25) is 0 Å². The van der Waals surface area contributed by atoms with E-state index in [2.05, 4.69) is 63.4 Å². The third-order valence-electron chi connectivity index (χ3n) is 4.02. The van der Waals surface area contributed by atoms with Crippen molar-refractivity contribution in [2.24, 2.45) is 0 Å². The topological polar surface area (TPSA) is 9.23 Å². The second kappa shape index (κ2) is 6.01. The number of hydrogen-bond donors (Lipinski definition) is 0. The zero-order valence-corrected chi connectivity index (χ0v) is 13.3. The minimum absolute atomic E-state index is 0.971. The summed E-state index contributed by atoms with van der Waals surface area (Å²) in [6.07, 6.45) is 0. The van der Waals surface area contributed by atoms with Crippen LogP contribution >= 0.6 is 0 Å². The third kappa shape index (κ3) is 2.40. The van der Waals surface area contributed by atoms with E-state index in [1.165, 1.54) is 37.9 Å². The van der Waals surface area contributed by atoms with Gasteiger partial charge in [0.1, 0.15) is 5.76 Å². The first-order valence-corrected chi connectivity index (χ1v) is 7.09. The first-order valence-electron chi connectivity index (χ1n) is 7.09. The second-order valence-electron chi connectivity index (χ2n) is 5.16. The summed E-state index contributed by atoms with van der Waals surface area (Å²) in [6, 6.07) is 13.2. The largest absolute Gasteiger partial charge is 0.501 e. The quantitative estimate of drug-likeness (QED) is 0.575. The van der Waals surface area contributed by atoms with Gasteiger partial charge in [0.15, 0.2) is 0 Å². The molecule has 0 unspecified atom stereocenters. The zero-order chi connectivity index (χ0) is 15.6. The van der Waals surface area contributed by atoms with Gasteiger partial charge in [-0.25, -0.2) is 0 Å². The van der Waals surface area contributed by atoms with Crippen molar-refractivity contribution < 1.29 is 4.74 Å². The summed E-state index contributed by atoms with van der Waals surface area (Å²) in [4.78, 5) is 0. The van der Waals surface area contributed by atoms with Crippen molar-refractivity contribution in [3.63, 3.8) is 0 Å². The Bertz CT molecular complexity index is 843. The Morgan fingerprint density at radius 2 is 1.48 bits per heavy atom. The molecule has 0 aliphatic rings. The molecule has 0 amide bonds. The smallest absolute Gasteiger partial charge is 0.100 e. The lowest BCUT2D eigenvalue weighted by Crippen LogP contribution is -2.09. The summed E-state index contributed by atoms with van der Waals surface area (Å²) in [7, 11) is 1.73. The van der Waals surface area contributed by atoms with E-state index >= 15 is 0 Å². The standard InChI is InChI=1S/C18H18O.C2H4/c1-11-5-7-14-8-10-16(13(3)19-4)17-12(2)6-9-15(11)18(14)17;1-2/h5-10H,1-4H3;1-2H2/b16-13+;. The van der Waals surface area contributed by atoms with Crippen molar-refractivity contribution in [3.05, 3.63) is 65.9 Å². The SMILES string of the molecule is C=C.CO/C(C)=c1\ccc2ccc(C)c3ccc(C)c1c23. The molecule has 1 heteroatoms. The highest BCUT2D eigenvalue weighted by Crippen LogP contribution is 2.29. The zero-order valence-electron chi connectivity index (χ0n) is 13.3. The minimum atomic E-state index is 0.971. The molecule has 0 aromatic heterocycles. The van der Waals surface area contributed by atoms with E-state index in [-0.39, 0.29) is 0 Å². The Morgan fingerprint density at radius 1 is 0.857 bits per heavy atom. The highest BCUT2D eigenvalue weighted by atomic mass is 16.5. The number of hydrogen-bond acceptors (Lipinski definition) is 1. The van der Waals surface area contributed by atoms with Crippen molar-refractivity contribution in [2.75, 3.05) is 7.11 Å². The van der Waals surface area contributed by atoms with Crippen molar-refractivity contribution in [1.82, 2.24) is 0 Å². The molecule has 0 N–H and O–H groups in total. The molecule has 0 saturated heterocycles. The lowest BCUT2D eigenvalue weighted by Gasteiger charge is -2.12. The predicted octanol–water partition coefficient (Wildman–Crippen LogP) is 4.91. The summed E-state index contributed by atoms with van der Waals surface area (Å²) in [5, 5.41) is 6.51. The maximum Gasteiger partial charge on any atom is 0.100 e. The number of aryl methyl sites for hydroxylation is 2. The van der Waals surface area contributed by atoms with Gasteiger partial charge < -0.3 is 4.74 Å². The van der Waals surface area contributed by atoms with Crippen LogP contribution in [0.5, 0.6) is 0 Å². The fourth-order valence-corrected chi connectivity index (χ4v) is 2.87. The molecule has 0 heterocycles. The van der Waals surface area contributed by atoms with E-state index in [1.54, 1.807) is 7.11 Å². The van der Waals surface area contributed by atoms with E-state index in [9.17, 15) is 0 Å². The maximum atomic E-state index is 5.45. The molecule has 108 valence electrons. The summed E-state index contributed by atoms with van der Waals surface area (Å²) in [5.41, 5.74) is 2.62. The van der Waals surface area contributed by atoms with Crippen molar-refractivity contribution in [3.8, 4) is 0 Å². The molecule has 0 fully saturated rings. The van der Waals surface area contributed by atoms with Crippen LogP contribution in [0.3, 0.4) is 0 Å². The fraction of sp³-hybridized carbons (Fsp3) is 0.200. The van der Waals surface area contributed by atoms with E-state index in [0.29, 0.717) is 0 Å². The van der Waals surface area contributed by atoms with Gasteiger partial charge in [0.25, 0.3) is 0 Å². The van der Waals surface area contributed by atoms with Gasteiger partial charge in [0, 0.05) is 5.22 Å². The molecule has 0 aliphatic heterocycles. The molecular weight excluding hydrogens is 256 g/mol. The molecule has 0 atom stereocenters. The van der Waals surface area contributed by atoms with Crippen LogP contribution in [0.15, 0.2) is 49.6 Å². The summed E-state index contributed by atoms with van der Waals surface area (Å²) >= 11 is 0. The average Bonchev–Trinajstić information content (AvgIpc) is 2.53. The molecule has 0 saturated carbocycles. The van der Waals surface area contributed by atoms with Gasteiger partial charge in [-0.3, -0.25) is 0 Å². The first kappa shape index (κ1) is 15.1. The van der Waals surface area contributed by atoms with Crippen LogP contribution in [-0.4, -0.2) is 7.11 Å². The molecule has 0 aliphatic carbocycles. The summed E-state index contributed by atoms with van der Waals surface area (Å²) in [5.74, 6) is 0.971. The van der Waals surface area contributed by atoms with Gasteiger partial charge in [-0.15, -0.1) is 13.2 Å². The molecule has 0 bridgehead atoms. The highest BCUT2D eigenvalue weighted by molar-refractivity contribution is 6.12. The molecule has 3 aromatic carbocycles. The first-order chi connectivity index (χ1) is 10.1. The van der Waals surface area contributed by atoms with Crippen LogP contribution < -0.4 is 5.22 Å². The van der Waals surface area contributed by atoms with Crippen molar-refractivity contribution in [2.45, 2.75) is 20.8 Å². The minimum Gasteiger partial charge on any atom is -0.501 e. The van der Waals surface area contributed by atoms with E-state index < -0.39 is 0 Å². The Balaban J connectivity index is 0.000000774. The third-order valence-corrected chi connectivity index (χ3v) is 4.02. The lowest BCUT2D eigenvalue weighted by molar-refractivity contribution is 0.361. The van der Waals surface area contributed by atoms with Gasteiger partial charge in [-0.05, 0) is 53.4 Å². The normalized spacial score (nSPS) is 12.0. The molecular formula is C20H22O. The Labute approximate surface area is 126 Å². The van der Waals surface area contributed by atoms with Crippen LogP contribution in [-0.2, 0) is 4.74 Å². The number of benzene rings is 3. The average molecular weight is 278 g/mol.